The third-order valence-corrected chi connectivity index (χ3v) is 7.17. The summed E-state index contributed by atoms with van der Waals surface area (Å²) < 4.78 is 5.11. The number of carbonyl (C=O) groups excluding carboxylic acids is 2. The fourth-order valence-electron chi connectivity index (χ4n) is 4.62. The molecule has 38 heavy (non-hydrogen) atoms. The van der Waals surface area contributed by atoms with Gasteiger partial charge >= 0.3 is 0 Å². The summed E-state index contributed by atoms with van der Waals surface area (Å²) in [6.07, 6.45) is 1.46. The Morgan fingerprint density at radius 1 is 0.947 bits per heavy atom. The zero-order chi connectivity index (χ0) is 27.0. The SMILES string of the molecule is COc1ccc(/C=C2\C(=O)N(c3ccc(Cl)cc3)C(=S)N(C(C)c3cccc4ccccc34)C2=O)cc1O. The van der Waals surface area contributed by atoms with Crippen LogP contribution in [0.15, 0.2) is 90.5 Å². The third kappa shape index (κ3) is 4.51. The van der Waals surface area contributed by atoms with Gasteiger partial charge in [-0.05, 0) is 83.5 Å². The van der Waals surface area contributed by atoms with Crippen molar-refractivity contribution in [1.82, 2.24) is 4.90 Å². The van der Waals surface area contributed by atoms with E-state index in [0.29, 0.717) is 16.3 Å². The van der Waals surface area contributed by atoms with E-state index in [9.17, 15) is 14.7 Å². The van der Waals surface area contributed by atoms with Crippen LogP contribution in [0.2, 0.25) is 5.02 Å². The van der Waals surface area contributed by atoms with Gasteiger partial charge in [0.1, 0.15) is 5.57 Å². The Balaban J connectivity index is 1.65. The zero-order valence-electron chi connectivity index (χ0n) is 20.6. The molecule has 4 aromatic carbocycles. The van der Waals surface area contributed by atoms with E-state index in [1.807, 2.05) is 49.4 Å². The lowest BCUT2D eigenvalue weighted by molar-refractivity contribution is -0.129. The first-order valence-corrected chi connectivity index (χ1v) is 12.6. The van der Waals surface area contributed by atoms with E-state index in [2.05, 4.69) is 0 Å². The molecule has 1 atom stereocenters. The number of fused-ring (bicyclic) bond motifs is 1. The number of methoxy groups -OCH3 is 1. The topological polar surface area (TPSA) is 70.1 Å². The fraction of sp³-hybridized carbons (Fsp3) is 0.100. The van der Waals surface area contributed by atoms with Crippen molar-refractivity contribution in [3.05, 3.63) is 107 Å². The summed E-state index contributed by atoms with van der Waals surface area (Å²) in [7, 11) is 1.44. The number of carbonyl (C=O) groups is 2. The lowest BCUT2D eigenvalue weighted by Gasteiger charge is -2.40. The average Bonchev–Trinajstić information content (AvgIpc) is 2.92. The molecule has 1 heterocycles. The second-order valence-corrected chi connectivity index (χ2v) is 9.61. The Morgan fingerprint density at radius 3 is 2.37 bits per heavy atom. The van der Waals surface area contributed by atoms with Crippen molar-refractivity contribution in [2.24, 2.45) is 0 Å². The number of ether oxygens (including phenoxy) is 1. The lowest BCUT2D eigenvalue weighted by atomic mass is 9.97. The van der Waals surface area contributed by atoms with Gasteiger partial charge in [0, 0.05) is 5.02 Å². The van der Waals surface area contributed by atoms with E-state index in [-0.39, 0.29) is 22.2 Å². The number of hydrogen-bond donors (Lipinski definition) is 1. The Kier molecular flexibility index (Phi) is 6.89. The molecule has 1 aliphatic heterocycles. The van der Waals surface area contributed by atoms with E-state index in [4.69, 9.17) is 28.6 Å². The molecule has 0 bridgehead atoms. The van der Waals surface area contributed by atoms with Gasteiger partial charge in [0.05, 0.1) is 18.8 Å². The Morgan fingerprint density at radius 2 is 1.66 bits per heavy atom. The van der Waals surface area contributed by atoms with E-state index in [1.165, 1.54) is 29.1 Å². The molecule has 5 rings (SSSR count). The van der Waals surface area contributed by atoms with Gasteiger partial charge in [0.15, 0.2) is 16.6 Å². The molecule has 2 amide bonds. The molecule has 0 radical (unpaired) electrons. The molecule has 0 aliphatic carbocycles. The molecular weight excluding hydrogens is 520 g/mol. The van der Waals surface area contributed by atoms with Crippen LogP contribution in [0.3, 0.4) is 0 Å². The molecule has 1 saturated heterocycles. The number of thiocarbonyl (C=S) groups is 1. The van der Waals surface area contributed by atoms with Crippen LogP contribution in [0, 0.1) is 0 Å². The van der Waals surface area contributed by atoms with E-state index in [0.717, 1.165) is 16.3 Å². The number of aromatic hydroxyl groups is 1. The minimum Gasteiger partial charge on any atom is -0.504 e. The van der Waals surface area contributed by atoms with Crippen molar-refractivity contribution < 1.29 is 19.4 Å². The monoisotopic (exact) mass is 542 g/mol. The maximum atomic E-state index is 14.0. The third-order valence-electron chi connectivity index (χ3n) is 6.54. The van der Waals surface area contributed by atoms with E-state index >= 15 is 0 Å². The van der Waals surface area contributed by atoms with Crippen LogP contribution in [0.1, 0.15) is 24.1 Å². The molecular formula is C30H23ClN2O4S. The summed E-state index contributed by atoms with van der Waals surface area (Å²) in [6, 6.07) is 24.7. The highest BCUT2D eigenvalue weighted by Gasteiger charge is 2.43. The van der Waals surface area contributed by atoms with Crippen molar-refractivity contribution >= 4 is 63.3 Å². The number of rotatable bonds is 5. The summed E-state index contributed by atoms with van der Waals surface area (Å²) in [5.41, 5.74) is 1.74. The van der Waals surface area contributed by atoms with Gasteiger partial charge in [0.25, 0.3) is 11.8 Å². The molecule has 4 aromatic rings. The smallest absolute Gasteiger partial charge is 0.270 e. The van der Waals surface area contributed by atoms with Crippen molar-refractivity contribution in [1.29, 1.82) is 0 Å². The Labute approximate surface area is 230 Å². The predicted octanol–water partition coefficient (Wildman–Crippen LogP) is 6.51. The van der Waals surface area contributed by atoms with Gasteiger partial charge in [-0.15, -0.1) is 0 Å². The lowest BCUT2D eigenvalue weighted by Crippen LogP contribution is -2.57. The van der Waals surface area contributed by atoms with Crippen LogP contribution < -0.4 is 9.64 Å². The molecule has 6 nitrogen and oxygen atoms in total. The van der Waals surface area contributed by atoms with Crippen LogP contribution in [0.25, 0.3) is 16.8 Å². The Bertz CT molecular complexity index is 1610. The quantitative estimate of drug-likeness (QED) is 0.177. The molecule has 0 aromatic heterocycles. The zero-order valence-corrected chi connectivity index (χ0v) is 22.2. The second kappa shape index (κ2) is 10.3. The number of nitrogens with zero attached hydrogens (tertiary/aromatic N) is 2. The number of phenols is 1. The van der Waals surface area contributed by atoms with Crippen LogP contribution in [0.5, 0.6) is 11.5 Å². The molecule has 1 N–H and O–H groups in total. The van der Waals surface area contributed by atoms with Crippen molar-refractivity contribution in [2.75, 3.05) is 12.0 Å². The minimum absolute atomic E-state index is 0.0671. The fourth-order valence-corrected chi connectivity index (χ4v) is 5.18. The van der Waals surface area contributed by atoms with E-state index in [1.54, 1.807) is 36.4 Å². The maximum absolute atomic E-state index is 14.0. The molecule has 190 valence electrons. The minimum atomic E-state index is -0.570. The highest BCUT2D eigenvalue weighted by atomic mass is 35.5. The van der Waals surface area contributed by atoms with Crippen molar-refractivity contribution in [3.8, 4) is 11.5 Å². The highest BCUT2D eigenvalue weighted by Crippen LogP contribution is 2.35. The second-order valence-electron chi connectivity index (χ2n) is 8.81. The molecule has 0 spiro atoms. The molecule has 0 saturated carbocycles. The normalized spacial score (nSPS) is 15.9. The first-order valence-electron chi connectivity index (χ1n) is 11.8. The number of anilines is 1. The number of halogens is 1. The van der Waals surface area contributed by atoms with Gasteiger partial charge in [-0.25, -0.2) is 0 Å². The predicted molar refractivity (Wildman–Crippen MR) is 153 cm³/mol. The molecule has 1 unspecified atom stereocenters. The molecule has 1 fully saturated rings. The summed E-state index contributed by atoms with van der Waals surface area (Å²) in [6.45, 7) is 1.89. The molecule has 1 aliphatic rings. The molecule has 8 heteroatoms. The van der Waals surface area contributed by atoms with Crippen LogP contribution in [-0.2, 0) is 9.59 Å². The number of amides is 2. The average molecular weight is 543 g/mol. The summed E-state index contributed by atoms with van der Waals surface area (Å²) in [5.74, 6) is -0.924. The standard InChI is InChI=1S/C30H23ClN2O4S/c1-18(23-9-5-7-20-6-3-4-8-24(20)23)32-28(35)25(16-19-10-15-27(37-2)26(34)17-19)29(36)33(30(32)38)22-13-11-21(31)12-14-22/h3-18,34H,1-2H3/b25-16-. The first kappa shape index (κ1) is 25.4. The van der Waals surface area contributed by atoms with Crippen molar-refractivity contribution in [2.45, 2.75) is 13.0 Å². The van der Waals surface area contributed by atoms with Crippen molar-refractivity contribution in [3.63, 3.8) is 0 Å². The summed E-state index contributed by atoms with van der Waals surface area (Å²) in [4.78, 5) is 30.5. The summed E-state index contributed by atoms with van der Waals surface area (Å²) >= 11 is 11.9. The van der Waals surface area contributed by atoms with Gasteiger partial charge in [-0.3, -0.25) is 19.4 Å². The van der Waals surface area contributed by atoms with Gasteiger partial charge in [-0.1, -0.05) is 60.1 Å². The van der Waals surface area contributed by atoms with Crippen LogP contribution in [0.4, 0.5) is 5.69 Å². The van der Waals surface area contributed by atoms with Gasteiger partial charge < -0.3 is 9.84 Å². The van der Waals surface area contributed by atoms with Crippen LogP contribution >= 0.6 is 23.8 Å². The largest absolute Gasteiger partial charge is 0.504 e. The van der Waals surface area contributed by atoms with Crippen LogP contribution in [-0.4, -0.2) is 34.0 Å². The number of benzene rings is 4. The van der Waals surface area contributed by atoms with E-state index < -0.39 is 17.9 Å². The number of phenolic OH excluding ortho intramolecular Hbond substituents is 1. The van der Waals surface area contributed by atoms with Gasteiger partial charge in [0.2, 0.25) is 0 Å². The maximum Gasteiger partial charge on any atom is 0.270 e. The first-order chi connectivity index (χ1) is 18.3. The van der Waals surface area contributed by atoms with Gasteiger partial charge in [-0.2, -0.15) is 0 Å². The number of hydrogen-bond acceptors (Lipinski definition) is 5. The highest BCUT2D eigenvalue weighted by molar-refractivity contribution is 7.80. The summed E-state index contributed by atoms with van der Waals surface area (Å²) in [5, 5.41) is 12.8. The Hall–Kier alpha value is -4.20.